The quantitative estimate of drug-likeness (QED) is 0.445. The third kappa shape index (κ3) is 3.67. The fraction of sp³-hybridized carbons (Fsp3) is 0.0500. The molecule has 2 aromatic heterocycles. The molecule has 8 heteroatoms. The molecule has 28 heavy (non-hydrogen) atoms. The zero-order valence-electron chi connectivity index (χ0n) is 14.4. The molecule has 4 rings (SSSR count). The second-order valence-corrected chi connectivity index (χ2v) is 7.67. The molecule has 0 aliphatic carbocycles. The van der Waals surface area contributed by atoms with Crippen molar-refractivity contribution >= 4 is 45.6 Å². The van der Waals surface area contributed by atoms with Crippen LogP contribution in [0.15, 0.2) is 59.9 Å². The van der Waals surface area contributed by atoms with Crippen molar-refractivity contribution in [3.63, 3.8) is 0 Å². The number of aromatic nitrogens is 3. The summed E-state index contributed by atoms with van der Waals surface area (Å²) in [6, 6.07) is 12.6. The van der Waals surface area contributed by atoms with Crippen LogP contribution < -0.4 is 14.8 Å². The molecule has 0 bridgehead atoms. The summed E-state index contributed by atoms with van der Waals surface area (Å²) < 4.78 is 7.30. The Morgan fingerprint density at radius 2 is 1.93 bits per heavy atom. The van der Waals surface area contributed by atoms with Gasteiger partial charge in [0.1, 0.15) is 12.4 Å². The predicted octanol–water partition coefficient (Wildman–Crippen LogP) is 4.24. The van der Waals surface area contributed by atoms with Crippen molar-refractivity contribution in [3.05, 3.63) is 85.6 Å². The molecule has 140 valence electrons. The maximum atomic E-state index is 12.7. The Labute approximate surface area is 174 Å². The maximum Gasteiger partial charge on any atom is 0.291 e. The molecule has 0 radical (unpaired) electrons. The van der Waals surface area contributed by atoms with E-state index in [2.05, 4.69) is 16.7 Å². The first-order valence-electron chi connectivity index (χ1n) is 8.25. The molecule has 0 aliphatic rings. The highest BCUT2D eigenvalue weighted by Crippen LogP contribution is 2.23. The monoisotopic (exact) mass is 429 g/mol. The lowest BCUT2D eigenvalue weighted by molar-refractivity contribution is 0.363. The van der Waals surface area contributed by atoms with Gasteiger partial charge in [-0.1, -0.05) is 53.3 Å². The van der Waals surface area contributed by atoms with E-state index in [0.29, 0.717) is 32.0 Å². The minimum atomic E-state index is -0.226. The van der Waals surface area contributed by atoms with Gasteiger partial charge < -0.3 is 4.74 Å². The van der Waals surface area contributed by atoms with Crippen LogP contribution in [0.5, 0.6) is 5.75 Å². The van der Waals surface area contributed by atoms with E-state index in [1.54, 1.807) is 30.4 Å². The molecule has 2 aromatic carbocycles. The number of hydrogen-bond donors (Lipinski definition) is 0. The van der Waals surface area contributed by atoms with Crippen molar-refractivity contribution in [2.24, 2.45) is 0 Å². The summed E-state index contributed by atoms with van der Waals surface area (Å²) in [4.78, 5) is 17.7. The lowest BCUT2D eigenvalue weighted by atomic mass is 10.2. The molecule has 5 nitrogen and oxygen atoms in total. The standard InChI is InChI=1S/C20H13Cl2N3O2S/c1-2-9-27-14-6-4-13(5-7-14)18-23-20-25(24-18)19(26)17(28-20)11-12-3-8-15(21)16(22)10-12/h2-8,10-11H,1,9H2/b17-11-. The van der Waals surface area contributed by atoms with Gasteiger partial charge >= 0.3 is 0 Å². The van der Waals surface area contributed by atoms with Gasteiger partial charge in [0.25, 0.3) is 5.56 Å². The number of benzene rings is 2. The average molecular weight is 430 g/mol. The third-order valence-electron chi connectivity index (χ3n) is 3.90. The van der Waals surface area contributed by atoms with Gasteiger partial charge in [-0.15, -0.1) is 5.10 Å². The Morgan fingerprint density at radius 3 is 2.61 bits per heavy atom. The number of rotatable bonds is 5. The molecule has 0 spiro atoms. The summed E-state index contributed by atoms with van der Waals surface area (Å²) >= 11 is 13.2. The summed E-state index contributed by atoms with van der Waals surface area (Å²) in [6.45, 7) is 4.06. The number of hydrogen-bond acceptors (Lipinski definition) is 5. The first-order valence-corrected chi connectivity index (χ1v) is 9.83. The number of ether oxygens (including phenoxy) is 1. The Balaban J connectivity index is 1.68. The zero-order chi connectivity index (χ0) is 19.7. The zero-order valence-corrected chi connectivity index (χ0v) is 16.8. The van der Waals surface area contributed by atoms with Gasteiger partial charge in [-0.05, 0) is 48.0 Å². The van der Waals surface area contributed by atoms with Crippen molar-refractivity contribution in [2.75, 3.05) is 6.61 Å². The van der Waals surface area contributed by atoms with E-state index in [4.69, 9.17) is 27.9 Å². The van der Waals surface area contributed by atoms with E-state index in [9.17, 15) is 4.79 Å². The third-order valence-corrected chi connectivity index (χ3v) is 5.60. The fourth-order valence-electron chi connectivity index (χ4n) is 2.56. The summed E-state index contributed by atoms with van der Waals surface area (Å²) in [7, 11) is 0. The highest BCUT2D eigenvalue weighted by molar-refractivity contribution is 7.15. The fourth-order valence-corrected chi connectivity index (χ4v) is 3.78. The Kier molecular flexibility index (Phi) is 5.17. The van der Waals surface area contributed by atoms with Crippen LogP contribution in [0.1, 0.15) is 5.56 Å². The normalized spacial score (nSPS) is 11.9. The first kappa shape index (κ1) is 18.7. The summed E-state index contributed by atoms with van der Waals surface area (Å²) in [5.41, 5.74) is 1.36. The predicted molar refractivity (Wildman–Crippen MR) is 114 cm³/mol. The molecule has 0 saturated heterocycles. The van der Waals surface area contributed by atoms with E-state index in [1.165, 1.54) is 15.9 Å². The van der Waals surface area contributed by atoms with E-state index in [1.807, 2.05) is 24.3 Å². The van der Waals surface area contributed by atoms with Crippen molar-refractivity contribution in [1.82, 2.24) is 14.6 Å². The van der Waals surface area contributed by atoms with Crippen LogP contribution in [0.3, 0.4) is 0 Å². The van der Waals surface area contributed by atoms with Crippen molar-refractivity contribution < 1.29 is 4.74 Å². The molecule has 0 saturated carbocycles. The maximum absolute atomic E-state index is 12.7. The number of fused-ring (bicyclic) bond motifs is 1. The summed E-state index contributed by atoms with van der Waals surface area (Å²) in [5.74, 6) is 1.22. The van der Waals surface area contributed by atoms with Gasteiger partial charge in [-0.2, -0.15) is 9.50 Å². The second kappa shape index (κ2) is 7.75. The van der Waals surface area contributed by atoms with Crippen molar-refractivity contribution in [1.29, 1.82) is 0 Å². The van der Waals surface area contributed by atoms with Gasteiger partial charge in [-0.3, -0.25) is 4.79 Å². The van der Waals surface area contributed by atoms with Gasteiger partial charge in [0.2, 0.25) is 4.96 Å². The Bertz CT molecular complexity index is 1280. The lowest BCUT2D eigenvalue weighted by Crippen LogP contribution is -2.23. The second-order valence-electron chi connectivity index (χ2n) is 5.84. The summed E-state index contributed by atoms with van der Waals surface area (Å²) in [6.07, 6.45) is 3.43. The Hall–Kier alpha value is -2.67. The highest BCUT2D eigenvalue weighted by atomic mass is 35.5. The lowest BCUT2D eigenvalue weighted by Gasteiger charge is -2.02. The van der Waals surface area contributed by atoms with Crippen molar-refractivity contribution in [2.45, 2.75) is 0 Å². The molecule has 4 aromatic rings. The number of thiazole rings is 1. The smallest absolute Gasteiger partial charge is 0.291 e. The highest BCUT2D eigenvalue weighted by Gasteiger charge is 2.12. The van der Waals surface area contributed by atoms with Crippen molar-refractivity contribution in [3.8, 4) is 17.1 Å². The van der Waals surface area contributed by atoms with E-state index in [-0.39, 0.29) is 5.56 Å². The van der Waals surface area contributed by atoms with E-state index >= 15 is 0 Å². The van der Waals surface area contributed by atoms with Crippen LogP contribution >= 0.6 is 34.5 Å². The molecular weight excluding hydrogens is 417 g/mol. The SMILES string of the molecule is C=CCOc1ccc(-c2nc3s/c(=C\c4ccc(Cl)c(Cl)c4)c(=O)n3n2)cc1. The topological polar surface area (TPSA) is 56.5 Å². The molecule has 0 N–H and O–H groups in total. The molecular formula is C20H13Cl2N3O2S. The molecule has 0 fully saturated rings. The minimum Gasteiger partial charge on any atom is -0.490 e. The molecule has 0 unspecified atom stereocenters. The average Bonchev–Trinajstić information content (AvgIpc) is 3.23. The van der Waals surface area contributed by atoms with Gasteiger partial charge in [0.05, 0.1) is 14.6 Å². The number of nitrogens with zero attached hydrogens (tertiary/aromatic N) is 3. The largest absolute Gasteiger partial charge is 0.490 e. The number of halogens is 2. The van der Waals surface area contributed by atoms with Crippen LogP contribution in [0.2, 0.25) is 10.0 Å². The van der Waals surface area contributed by atoms with E-state index < -0.39 is 0 Å². The Morgan fingerprint density at radius 1 is 1.14 bits per heavy atom. The molecule has 0 aliphatic heterocycles. The molecule has 2 heterocycles. The first-order chi connectivity index (χ1) is 13.5. The van der Waals surface area contributed by atoms with E-state index in [0.717, 1.165) is 16.9 Å². The molecule has 0 amide bonds. The van der Waals surface area contributed by atoms with Crippen LogP contribution in [0.4, 0.5) is 0 Å². The van der Waals surface area contributed by atoms with Gasteiger partial charge in [0, 0.05) is 5.56 Å². The van der Waals surface area contributed by atoms with Gasteiger partial charge in [0.15, 0.2) is 5.82 Å². The molecule has 0 atom stereocenters. The van der Waals surface area contributed by atoms with Gasteiger partial charge in [-0.25, -0.2) is 0 Å². The van der Waals surface area contributed by atoms with Crippen LogP contribution in [0.25, 0.3) is 22.4 Å². The minimum absolute atomic E-state index is 0.226. The van der Waals surface area contributed by atoms with Crippen LogP contribution in [-0.4, -0.2) is 21.2 Å². The van der Waals surface area contributed by atoms with Crippen LogP contribution in [0, 0.1) is 0 Å². The van der Waals surface area contributed by atoms with Crippen LogP contribution in [-0.2, 0) is 0 Å². The summed E-state index contributed by atoms with van der Waals surface area (Å²) in [5, 5.41) is 5.25.